The Balaban J connectivity index is 1.84. The molecule has 0 spiro atoms. The fourth-order valence-corrected chi connectivity index (χ4v) is 3.96. The number of aliphatic hydroxyl groups excluding tert-OH is 1. The number of carbonyl (C=O) groups is 2. The predicted molar refractivity (Wildman–Crippen MR) is 126 cm³/mol. The number of hydrogen-bond donors (Lipinski definition) is 1. The molecule has 0 radical (unpaired) electrons. The van der Waals surface area contributed by atoms with Crippen molar-refractivity contribution in [2.24, 2.45) is 0 Å². The highest BCUT2D eigenvalue weighted by molar-refractivity contribution is 6.46. The van der Waals surface area contributed by atoms with E-state index in [4.69, 9.17) is 16.3 Å². The Hall–Kier alpha value is -3.64. The highest BCUT2D eigenvalue weighted by atomic mass is 35.5. The van der Waals surface area contributed by atoms with Crippen molar-refractivity contribution in [2.45, 2.75) is 25.9 Å². The van der Waals surface area contributed by atoms with Crippen LogP contribution in [0.3, 0.4) is 0 Å². The summed E-state index contributed by atoms with van der Waals surface area (Å²) in [7, 11) is 0. The fraction of sp³-hybridized carbons (Fsp3) is 0.192. The van der Waals surface area contributed by atoms with Gasteiger partial charge in [0.15, 0.2) is 0 Å². The molecular formula is C26H23ClN2O4. The maximum absolute atomic E-state index is 13.1. The van der Waals surface area contributed by atoms with E-state index in [1.54, 1.807) is 48.8 Å². The SMILES string of the molecule is CCCOc1cccc(C2/C(=C(\O)c3ccc(Cl)cc3)C(=O)C(=O)N2Cc2cccnc2)c1. The molecule has 1 aromatic heterocycles. The molecule has 3 aromatic rings. The van der Waals surface area contributed by atoms with Crippen LogP contribution in [0.2, 0.25) is 5.02 Å². The van der Waals surface area contributed by atoms with Gasteiger partial charge in [0.05, 0.1) is 18.2 Å². The first-order chi connectivity index (χ1) is 16.0. The normalized spacial score (nSPS) is 17.4. The second-order valence-electron chi connectivity index (χ2n) is 7.72. The van der Waals surface area contributed by atoms with Crippen molar-refractivity contribution in [2.75, 3.05) is 6.61 Å². The van der Waals surface area contributed by atoms with Gasteiger partial charge in [0.25, 0.3) is 11.7 Å². The molecule has 33 heavy (non-hydrogen) atoms. The fourth-order valence-electron chi connectivity index (χ4n) is 3.84. The van der Waals surface area contributed by atoms with E-state index in [2.05, 4.69) is 4.98 Å². The third-order valence-corrected chi connectivity index (χ3v) is 5.63. The number of rotatable bonds is 7. The summed E-state index contributed by atoms with van der Waals surface area (Å²) >= 11 is 5.98. The lowest BCUT2D eigenvalue weighted by Gasteiger charge is -2.25. The monoisotopic (exact) mass is 462 g/mol. The second-order valence-corrected chi connectivity index (χ2v) is 8.15. The summed E-state index contributed by atoms with van der Waals surface area (Å²) in [5.41, 5.74) is 1.87. The molecular weight excluding hydrogens is 440 g/mol. The molecule has 1 amide bonds. The smallest absolute Gasteiger partial charge is 0.295 e. The van der Waals surface area contributed by atoms with E-state index in [1.165, 1.54) is 4.90 Å². The minimum Gasteiger partial charge on any atom is -0.507 e. The van der Waals surface area contributed by atoms with Gasteiger partial charge in [0, 0.05) is 29.5 Å². The molecule has 1 N–H and O–H groups in total. The lowest BCUT2D eigenvalue weighted by molar-refractivity contribution is -0.140. The van der Waals surface area contributed by atoms with Crippen molar-refractivity contribution in [1.82, 2.24) is 9.88 Å². The second kappa shape index (κ2) is 9.88. The molecule has 1 aliphatic rings. The third-order valence-electron chi connectivity index (χ3n) is 5.38. The van der Waals surface area contributed by atoms with Gasteiger partial charge in [-0.05, 0) is 60.0 Å². The Labute approximate surface area is 197 Å². The van der Waals surface area contributed by atoms with Gasteiger partial charge in [0.2, 0.25) is 0 Å². The molecule has 0 bridgehead atoms. The Morgan fingerprint density at radius 1 is 1.12 bits per heavy atom. The van der Waals surface area contributed by atoms with Crippen LogP contribution in [-0.2, 0) is 16.1 Å². The summed E-state index contributed by atoms with van der Waals surface area (Å²) < 4.78 is 5.76. The molecule has 168 valence electrons. The Morgan fingerprint density at radius 2 is 1.91 bits per heavy atom. The highest BCUT2D eigenvalue weighted by Gasteiger charge is 2.46. The van der Waals surface area contributed by atoms with E-state index in [9.17, 15) is 14.7 Å². The van der Waals surface area contributed by atoms with Crippen LogP contribution < -0.4 is 4.74 Å². The van der Waals surface area contributed by atoms with E-state index in [0.29, 0.717) is 28.5 Å². The zero-order chi connectivity index (χ0) is 23.4. The van der Waals surface area contributed by atoms with Gasteiger partial charge in [-0.25, -0.2) is 0 Å². The topological polar surface area (TPSA) is 79.7 Å². The van der Waals surface area contributed by atoms with Crippen LogP contribution in [0.1, 0.15) is 36.1 Å². The first kappa shape index (κ1) is 22.6. The summed E-state index contributed by atoms with van der Waals surface area (Å²) in [6.07, 6.45) is 4.14. The van der Waals surface area contributed by atoms with E-state index in [0.717, 1.165) is 12.0 Å². The number of likely N-dealkylation sites (tertiary alicyclic amines) is 1. The maximum Gasteiger partial charge on any atom is 0.295 e. The van der Waals surface area contributed by atoms with Crippen LogP contribution in [0.25, 0.3) is 5.76 Å². The average molecular weight is 463 g/mol. The average Bonchev–Trinajstić information content (AvgIpc) is 3.08. The van der Waals surface area contributed by atoms with E-state index < -0.39 is 17.7 Å². The molecule has 0 aliphatic carbocycles. The number of ether oxygens (including phenoxy) is 1. The first-order valence-corrected chi connectivity index (χ1v) is 11.0. The van der Waals surface area contributed by atoms with Gasteiger partial charge < -0.3 is 14.7 Å². The number of ketones is 1. The molecule has 6 nitrogen and oxygen atoms in total. The number of aromatic nitrogens is 1. The molecule has 2 aromatic carbocycles. The lowest BCUT2D eigenvalue weighted by Crippen LogP contribution is -2.29. The van der Waals surface area contributed by atoms with Crippen LogP contribution in [0, 0.1) is 0 Å². The number of pyridine rings is 1. The molecule has 1 saturated heterocycles. The molecule has 1 atom stereocenters. The Kier molecular flexibility index (Phi) is 6.75. The van der Waals surface area contributed by atoms with Crippen molar-refractivity contribution < 1.29 is 19.4 Å². The number of Topliss-reactive ketones (excluding diaryl/α,β-unsaturated/α-hetero) is 1. The van der Waals surface area contributed by atoms with Crippen LogP contribution in [0.4, 0.5) is 0 Å². The van der Waals surface area contributed by atoms with Gasteiger partial charge in [-0.3, -0.25) is 14.6 Å². The summed E-state index contributed by atoms with van der Waals surface area (Å²) in [6.45, 7) is 2.73. The lowest BCUT2D eigenvalue weighted by atomic mass is 9.95. The van der Waals surface area contributed by atoms with E-state index in [1.807, 2.05) is 31.2 Å². The van der Waals surface area contributed by atoms with E-state index in [-0.39, 0.29) is 17.9 Å². The summed E-state index contributed by atoms with van der Waals surface area (Å²) in [5.74, 6) is -1.04. The molecule has 1 aliphatic heterocycles. The third kappa shape index (κ3) is 4.76. The zero-order valence-electron chi connectivity index (χ0n) is 18.1. The van der Waals surface area contributed by atoms with Crippen LogP contribution >= 0.6 is 11.6 Å². The molecule has 0 saturated carbocycles. The standard InChI is InChI=1S/C26H23ClN2O4/c1-2-13-33-21-7-3-6-19(14-21)23-22(24(30)18-8-10-20(27)11-9-18)25(31)26(32)29(23)16-17-5-4-12-28-15-17/h3-12,14-15,23,30H,2,13,16H2,1H3/b24-22+. The van der Waals surface area contributed by atoms with E-state index >= 15 is 0 Å². The largest absolute Gasteiger partial charge is 0.507 e. The minimum atomic E-state index is -0.786. The number of hydrogen-bond acceptors (Lipinski definition) is 5. The molecule has 2 heterocycles. The maximum atomic E-state index is 13.1. The zero-order valence-corrected chi connectivity index (χ0v) is 18.8. The molecule has 1 fully saturated rings. The first-order valence-electron chi connectivity index (χ1n) is 10.7. The number of amides is 1. The van der Waals surface area contributed by atoms with Gasteiger partial charge in [-0.15, -0.1) is 0 Å². The van der Waals surface area contributed by atoms with Gasteiger partial charge in [-0.2, -0.15) is 0 Å². The van der Waals surface area contributed by atoms with Crippen LogP contribution in [0.5, 0.6) is 5.75 Å². The van der Waals surface area contributed by atoms with Crippen molar-refractivity contribution in [1.29, 1.82) is 0 Å². The van der Waals surface area contributed by atoms with Crippen LogP contribution in [0.15, 0.2) is 78.6 Å². The summed E-state index contributed by atoms with van der Waals surface area (Å²) in [6, 6.07) is 16.6. The number of benzene rings is 2. The molecule has 7 heteroatoms. The Morgan fingerprint density at radius 3 is 2.61 bits per heavy atom. The van der Waals surface area contributed by atoms with Gasteiger partial charge in [0.1, 0.15) is 11.5 Å². The molecule has 4 rings (SSSR count). The summed E-state index contributed by atoms with van der Waals surface area (Å²) in [4.78, 5) is 31.8. The van der Waals surface area contributed by atoms with Gasteiger partial charge >= 0.3 is 0 Å². The van der Waals surface area contributed by atoms with Crippen LogP contribution in [-0.4, -0.2) is 33.3 Å². The number of carbonyl (C=O) groups excluding carboxylic acids is 2. The highest BCUT2D eigenvalue weighted by Crippen LogP contribution is 2.41. The Bertz CT molecular complexity index is 1190. The van der Waals surface area contributed by atoms with Gasteiger partial charge in [-0.1, -0.05) is 36.7 Å². The minimum absolute atomic E-state index is 0.0267. The number of halogens is 1. The number of aliphatic hydroxyl groups is 1. The quantitative estimate of drug-likeness (QED) is 0.298. The number of nitrogens with zero attached hydrogens (tertiary/aromatic N) is 2. The van der Waals surface area contributed by atoms with Crippen molar-refractivity contribution >= 4 is 29.1 Å². The van der Waals surface area contributed by atoms with Crippen molar-refractivity contribution in [3.63, 3.8) is 0 Å². The summed E-state index contributed by atoms with van der Waals surface area (Å²) in [5, 5.41) is 11.6. The predicted octanol–water partition coefficient (Wildman–Crippen LogP) is 5.15. The van der Waals surface area contributed by atoms with Crippen molar-refractivity contribution in [3.05, 3.63) is 100 Å². The molecule has 1 unspecified atom stereocenters. The van der Waals surface area contributed by atoms with Crippen molar-refractivity contribution in [3.8, 4) is 5.75 Å².